The topological polar surface area (TPSA) is 60.5 Å². The molecule has 0 fully saturated rings. The van der Waals surface area contributed by atoms with Crippen molar-refractivity contribution in [2.75, 3.05) is 14.2 Å². The molecule has 100 valence electrons. The first-order valence-corrected chi connectivity index (χ1v) is 4.79. The van der Waals surface area contributed by atoms with Gasteiger partial charge < -0.3 is 4.74 Å². The van der Waals surface area contributed by atoms with Gasteiger partial charge in [-0.15, -0.1) is 0 Å². The summed E-state index contributed by atoms with van der Waals surface area (Å²) in [6, 6.07) is 1.75. The van der Waals surface area contributed by atoms with E-state index >= 15 is 0 Å². The van der Waals surface area contributed by atoms with Crippen LogP contribution in [0.1, 0.15) is 21.7 Å². The van der Waals surface area contributed by atoms with Crippen molar-refractivity contribution in [2.24, 2.45) is 0 Å². The van der Waals surface area contributed by atoms with Gasteiger partial charge in [-0.2, -0.15) is 13.2 Å². The summed E-state index contributed by atoms with van der Waals surface area (Å²) < 4.78 is 42.1. The number of aromatic nitrogens is 1. The number of pyridine rings is 1. The van der Waals surface area contributed by atoms with Gasteiger partial charge in [-0.3, -0.25) is 9.63 Å². The molecule has 0 atom stereocenters. The maximum atomic E-state index is 12.5. The van der Waals surface area contributed by atoms with E-state index in [4.69, 9.17) is 4.74 Å². The van der Waals surface area contributed by atoms with Gasteiger partial charge >= 0.3 is 6.18 Å². The summed E-state index contributed by atoms with van der Waals surface area (Å²) in [4.78, 5) is 19.3. The quantitative estimate of drug-likeness (QED) is 0.838. The Hall–Kier alpha value is -1.67. The maximum Gasteiger partial charge on any atom is 0.433 e. The van der Waals surface area contributed by atoms with Crippen LogP contribution in [0.2, 0.25) is 0 Å². The van der Waals surface area contributed by atoms with Gasteiger partial charge in [0.15, 0.2) is 0 Å². The second-order valence-electron chi connectivity index (χ2n) is 3.26. The van der Waals surface area contributed by atoms with Gasteiger partial charge in [-0.25, -0.2) is 10.5 Å². The largest absolute Gasteiger partial charge is 0.433 e. The number of hydroxylamine groups is 1. The van der Waals surface area contributed by atoms with Crippen LogP contribution in [0.3, 0.4) is 0 Å². The number of ether oxygens (including phenoxy) is 1. The average Bonchev–Trinajstić information content (AvgIpc) is 2.28. The zero-order chi connectivity index (χ0) is 13.8. The third-order valence-corrected chi connectivity index (χ3v) is 1.99. The highest BCUT2D eigenvalue weighted by Crippen LogP contribution is 2.28. The van der Waals surface area contributed by atoms with Crippen molar-refractivity contribution < 1.29 is 27.5 Å². The molecule has 0 unspecified atom stereocenters. The van der Waals surface area contributed by atoms with E-state index < -0.39 is 17.8 Å². The van der Waals surface area contributed by atoms with Gasteiger partial charge in [0, 0.05) is 7.11 Å². The molecule has 1 aromatic rings. The molecule has 0 aliphatic carbocycles. The van der Waals surface area contributed by atoms with Crippen LogP contribution in [-0.4, -0.2) is 25.1 Å². The van der Waals surface area contributed by atoms with Crippen molar-refractivity contribution in [1.82, 2.24) is 10.5 Å². The van der Waals surface area contributed by atoms with E-state index in [0.29, 0.717) is 0 Å². The summed E-state index contributed by atoms with van der Waals surface area (Å²) in [7, 11) is 2.51. The number of hydrogen-bond donors (Lipinski definition) is 1. The van der Waals surface area contributed by atoms with Gasteiger partial charge in [0.2, 0.25) is 0 Å². The van der Waals surface area contributed by atoms with E-state index in [2.05, 4.69) is 9.82 Å². The average molecular weight is 264 g/mol. The number of rotatable bonds is 4. The number of methoxy groups -OCH3 is 1. The highest BCUT2D eigenvalue weighted by molar-refractivity contribution is 5.94. The van der Waals surface area contributed by atoms with Crippen LogP contribution >= 0.6 is 0 Å². The molecule has 1 heterocycles. The molecule has 1 N–H and O–H groups in total. The number of hydrogen-bond acceptors (Lipinski definition) is 4. The number of halogens is 3. The van der Waals surface area contributed by atoms with Gasteiger partial charge in [-0.05, 0) is 12.1 Å². The minimum atomic E-state index is -4.57. The lowest BCUT2D eigenvalue weighted by atomic mass is 10.1. The normalized spacial score (nSPS) is 11.4. The van der Waals surface area contributed by atoms with Gasteiger partial charge in [0.25, 0.3) is 5.91 Å². The van der Waals surface area contributed by atoms with Crippen molar-refractivity contribution in [2.45, 2.75) is 12.8 Å². The Bertz CT molecular complexity index is 435. The van der Waals surface area contributed by atoms with E-state index in [1.165, 1.54) is 14.2 Å². The lowest BCUT2D eigenvalue weighted by molar-refractivity contribution is -0.141. The Labute approximate surface area is 101 Å². The monoisotopic (exact) mass is 264 g/mol. The zero-order valence-corrected chi connectivity index (χ0v) is 9.67. The molecule has 0 aliphatic rings. The second-order valence-corrected chi connectivity index (χ2v) is 3.26. The molecule has 1 amide bonds. The van der Waals surface area contributed by atoms with Crippen LogP contribution in [0.15, 0.2) is 12.1 Å². The molecule has 18 heavy (non-hydrogen) atoms. The Morgan fingerprint density at radius 3 is 2.56 bits per heavy atom. The van der Waals surface area contributed by atoms with Gasteiger partial charge in [0.1, 0.15) is 5.69 Å². The minimum Gasteiger partial charge on any atom is -0.378 e. The number of alkyl halides is 3. The van der Waals surface area contributed by atoms with E-state index in [0.717, 1.165) is 12.1 Å². The number of nitrogens with zero attached hydrogens (tertiary/aromatic N) is 1. The van der Waals surface area contributed by atoms with Crippen molar-refractivity contribution in [3.8, 4) is 0 Å². The fourth-order valence-corrected chi connectivity index (χ4v) is 1.26. The van der Waals surface area contributed by atoms with Gasteiger partial charge in [0.05, 0.1) is 25.0 Å². The SMILES string of the molecule is COCc1nc(C(F)(F)F)ccc1C(=O)NOC. The molecular formula is C10H11F3N2O3. The molecule has 0 aliphatic heterocycles. The van der Waals surface area contributed by atoms with Crippen LogP contribution < -0.4 is 5.48 Å². The molecule has 0 spiro atoms. The summed E-state index contributed by atoms with van der Waals surface area (Å²) in [6.45, 7) is -0.212. The standard InChI is InChI=1S/C10H11F3N2O3/c1-17-5-7-6(9(16)15-18-2)3-4-8(14-7)10(11,12)13/h3-4H,5H2,1-2H3,(H,15,16). The fraction of sp³-hybridized carbons (Fsp3) is 0.400. The lowest BCUT2D eigenvalue weighted by Crippen LogP contribution is -2.24. The van der Waals surface area contributed by atoms with Crippen molar-refractivity contribution >= 4 is 5.91 Å². The third-order valence-electron chi connectivity index (χ3n) is 1.99. The molecule has 0 saturated heterocycles. The van der Waals surface area contributed by atoms with Crippen LogP contribution in [0.5, 0.6) is 0 Å². The summed E-state index contributed by atoms with van der Waals surface area (Å²) in [5, 5.41) is 0. The zero-order valence-electron chi connectivity index (χ0n) is 9.67. The van der Waals surface area contributed by atoms with Crippen molar-refractivity contribution in [1.29, 1.82) is 0 Å². The first kappa shape index (κ1) is 14.4. The van der Waals surface area contributed by atoms with Crippen LogP contribution in [0.4, 0.5) is 13.2 Å². The smallest absolute Gasteiger partial charge is 0.378 e. The minimum absolute atomic E-state index is 0.0355. The number of amides is 1. The maximum absolute atomic E-state index is 12.5. The predicted octanol–water partition coefficient (Wildman–Crippen LogP) is 1.54. The fourth-order valence-electron chi connectivity index (χ4n) is 1.26. The van der Waals surface area contributed by atoms with Gasteiger partial charge in [-0.1, -0.05) is 0 Å². The predicted molar refractivity (Wildman–Crippen MR) is 54.4 cm³/mol. The van der Waals surface area contributed by atoms with E-state index in [9.17, 15) is 18.0 Å². The van der Waals surface area contributed by atoms with E-state index in [1.54, 1.807) is 0 Å². The number of carbonyl (C=O) groups is 1. The number of carbonyl (C=O) groups excluding carboxylic acids is 1. The summed E-state index contributed by atoms with van der Waals surface area (Å²) in [5.74, 6) is -0.689. The molecule has 8 heteroatoms. The molecule has 0 bridgehead atoms. The second kappa shape index (κ2) is 5.78. The molecule has 0 saturated carbocycles. The summed E-state index contributed by atoms with van der Waals surface area (Å²) >= 11 is 0. The summed E-state index contributed by atoms with van der Waals surface area (Å²) in [5.41, 5.74) is 0.778. The first-order valence-electron chi connectivity index (χ1n) is 4.79. The molecule has 0 aromatic carbocycles. The van der Waals surface area contributed by atoms with E-state index in [1.807, 2.05) is 5.48 Å². The Kier molecular flexibility index (Phi) is 4.62. The Balaban J connectivity index is 3.16. The van der Waals surface area contributed by atoms with E-state index in [-0.39, 0.29) is 17.9 Å². The molecule has 0 radical (unpaired) electrons. The Morgan fingerprint density at radius 1 is 1.39 bits per heavy atom. The van der Waals surface area contributed by atoms with Crippen LogP contribution in [0, 0.1) is 0 Å². The Morgan fingerprint density at radius 2 is 2.06 bits per heavy atom. The molecule has 1 rings (SSSR count). The summed E-state index contributed by atoms with van der Waals surface area (Å²) in [6.07, 6.45) is -4.57. The molecule has 1 aromatic heterocycles. The lowest BCUT2D eigenvalue weighted by Gasteiger charge is -2.11. The number of nitrogens with one attached hydrogen (secondary N) is 1. The highest BCUT2D eigenvalue weighted by Gasteiger charge is 2.33. The molecule has 5 nitrogen and oxygen atoms in total. The first-order chi connectivity index (χ1) is 8.40. The molecular weight excluding hydrogens is 253 g/mol. The van der Waals surface area contributed by atoms with Crippen molar-refractivity contribution in [3.05, 3.63) is 29.1 Å². The van der Waals surface area contributed by atoms with Crippen LogP contribution in [-0.2, 0) is 22.4 Å². The third kappa shape index (κ3) is 3.41. The highest BCUT2D eigenvalue weighted by atomic mass is 19.4. The van der Waals surface area contributed by atoms with Crippen molar-refractivity contribution in [3.63, 3.8) is 0 Å². The van der Waals surface area contributed by atoms with Crippen LogP contribution in [0.25, 0.3) is 0 Å².